The lowest BCUT2D eigenvalue weighted by Crippen LogP contribution is -1.95. The van der Waals surface area contributed by atoms with Crippen molar-refractivity contribution in [1.82, 2.24) is 9.97 Å². The zero-order valence-corrected chi connectivity index (χ0v) is 8.94. The zero-order chi connectivity index (χ0) is 11.8. The Morgan fingerprint density at radius 2 is 2.12 bits per heavy atom. The lowest BCUT2D eigenvalue weighted by molar-refractivity contribution is 0.622. The summed E-state index contributed by atoms with van der Waals surface area (Å²) < 4.78 is 13.0. The zero-order valence-electron chi connectivity index (χ0n) is 8.94. The minimum absolute atomic E-state index is 0.340. The van der Waals surface area contributed by atoms with Crippen LogP contribution in [0.3, 0.4) is 0 Å². The van der Waals surface area contributed by atoms with E-state index in [1.807, 2.05) is 30.5 Å². The van der Waals surface area contributed by atoms with Gasteiger partial charge in [0.2, 0.25) is 0 Å². The Kier molecular flexibility index (Phi) is 2.08. The van der Waals surface area contributed by atoms with Crippen LogP contribution in [0.5, 0.6) is 0 Å². The molecule has 0 saturated carbocycles. The number of benzene rings is 1. The van der Waals surface area contributed by atoms with E-state index in [-0.39, 0.29) is 0 Å². The third kappa shape index (κ3) is 1.54. The van der Waals surface area contributed by atoms with Crippen molar-refractivity contribution in [1.29, 1.82) is 0 Å². The minimum Gasteiger partial charge on any atom is -0.397 e. The molecule has 0 aliphatic carbocycles. The molecule has 0 amide bonds. The maximum absolute atomic E-state index is 13.0. The van der Waals surface area contributed by atoms with Gasteiger partial charge in [0.1, 0.15) is 5.82 Å². The largest absolute Gasteiger partial charge is 0.397 e. The first-order chi connectivity index (χ1) is 8.25. The van der Waals surface area contributed by atoms with E-state index in [9.17, 15) is 4.39 Å². The highest BCUT2D eigenvalue weighted by Crippen LogP contribution is 2.29. The van der Waals surface area contributed by atoms with E-state index in [0.717, 1.165) is 16.5 Å². The summed E-state index contributed by atoms with van der Waals surface area (Å²) in [7, 11) is 0. The molecule has 3 N–H and O–H groups in total. The Morgan fingerprint density at radius 1 is 1.24 bits per heavy atom. The Bertz CT molecular complexity index is 688. The SMILES string of the molecule is Nc1cc(F)cnc1-c1cccc2cc[nH]c12. The van der Waals surface area contributed by atoms with Crippen molar-refractivity contribution in [2.75, 3.05) is 5.73 Å². The van der Waals surface area contributed by atoms with E-state index >= 15 is 0 Å². The first-order valence-electron chi connectivity index (χ1n) is 5.23. The third-order valence-corrected chi connectivity index (χ3v) is 2.73. The topological polar surface area (TPSA) is 54.7 Å². The quantitative estimate of drug-likeness (QED) is 0.671. The van der Waals surface area contributed by atoms with E-state index < -0.39 is 5.82 Å². The van der Waals surface area contributed by atoms with Crippen LogP contribution in [-0.4, -0.2) is 9.97 Å². The Labute approximate surface area is 97.1 Å². The molecule has 0 spiro atoms. The van der Waals surface area contributed by atoms with Gasteiger partial charge in [0.25, 0.3) is 0 Å². The van der Waals surface area contributed by atoms with Crippen LogP contribution in [0.1, 0.15) is 0 Å². The second-order valence-electron chi connectivity index (χ2n) is 3.84. The number of aromatic nitrogens is 2. The molecule has 84 valence electrons. The minimum atomic E-state index is -0.426. The number of hydrogen-bond donors (Lipinski definition) is 2. The van der Waals surface area contributed by atoms with Crippen molar-refractivity contribution >= 4 is 16.6 Å². The number of aromatic amines is 1. The van der Waals surface area contributed by atoms with Crippen molar-refractivity contribution in [2.24, 2.45) is 0 Å². The molecule has 0 unspecified atom stereocenters. The van der Waals surface area contributed by atoms with Crippen LogP contribution in [0.2, 0.25) is 0 Å². The number of nitrogens with two attached hydrogens (primary N) is 1. The molecule has 3 rings (SSSR count). The van der Waals surface area contributed by atoms with Crippen LogP contribution >= 0.6 is 0 Å². The molecule has 0 aliphatic heterocycles. The summed E-state index contributed by atoms with van der Waals surface area (Å²) in [6.07, 6.45) is 3.03. The van der Waals surface area contributed by atoms with Crippen LogP contribution in [0, 0.1) is 5.82 Å². The number of para-hydroxylation sites is 1. The van der Waals surface area contributed by atoms with E-state index in [4.69, 9.17) is 5.73 Å². The molecule has 3 nitrogen and oxygen atoms in total. The number of nitrogens with one attached hydrogen (secondary N) is 1. The Hall–Kier alpha value is -2.36. The summed E-state index contributed by atoms with van der Waals surface area (Å²) in [6.45, 7) is 0. The van der Waals surface area contributed by atoms with Gasteiger partial charge in [-0.15, -0.1) is 0 Å². The predicted octanol–water partition coefficient (Wildman–Crippen LogP) is 2.95. The standard InChI is InChI=1S/C13H10FN3/c14-9-6-11(15)13(17-7-9)10-3-1-2-8-4-5-16-12(8)10/h1-7,16H,15H2. The second-order valence-corrected chi connectivity index (χ2v) is 3.84. The summed E-state index contributed by atoms with van der Waals surface area (Å²) in [6, 6.07) is 9.09. The highest BCUT2D eigenvalue weighted by Gasteiger charge is 2.09. The monoisotopic (exact) mass is 227 g/mol. The van der Waals surface area contributed by atoms with Gasteiger partial charge >= 0.3 is 0 Å². The summed E-state index contributed by atoms with van der Waals surface area (Å²) in [5.74, 6) is -0.426. The van der Waals surface area contributed by atoms with Gasteiger partial charge in [0.15, 0.2) is 0 Å². The van der Waals surface area contributed by atoms with Crippen LogP contribution < -0.4 is 5.73 Å². The fraction of sp³-hybridized carbons (Fsp3) is 0. The number of nitrogens with zero attached hydrogens (tertiary/aromatic N) is 1. The predicted molar refractivity (Wildman–Crippen MR) is 65.9 cm³/mol. The van der Waals surface area contributed by atoms with Gasteiger partial charge in [0.05, 0.1) is 23.1 Å². The lowest BCUT2D eigenvalue weighted by Gasteiger charge is -2.06. The van der Waals surface area contributed by atoms with Gasteiger partial charge in [-0.25, -0.2) is 4.39 Å². The van der Waals surface area contributed by atoms with Crippen LogP contribution in [-0.2, 0) is 0 Å². The van der Waals surface area contributed by atoms with Crippen molar-refractivity contribution in [3.8, 4) is 11.3 Å². The summed E-state index contributed by atoms with van der Waals surface area (Å²) in [5.41, 5.74) is 8.57. The summed E-state index contributed by atoms with van der Waals surface area (Å²) >= 11 is 0. The number of rotatable bonds is 1. The first kappa shape index (κ1) is 9.84. The maximum atomic E-state index is 13.0. The molecule has 17 heavy (non-hydrogen) atoms. The third-order valence-electron chi connectivity index (χ3n) is 2.73. The van der Waals surface area contributed by atoms with E-state index in [1.54, 1.807) is 0 Å². The lowest BCUT2D eigenvalue weighted by atomic mass is 10.1. The van der Waals surface area contributed by atoms with E-state index in [2.05, 4.69) is 9.97 Å². The molecular weight excluding hydrogens is 217 g/mol. The van der Waals surface area contributed by atoms with Gasteiger partial charge in [-0.2, -0.15) is 0 Å². The fourth-order valence-electron chi connectivity index (χ4n) is 1.96. The van der Waals surface area contributed by atoms with Crippen molar-refractivity contribution in [2.45, 2.75) is 0 Å². The van der Waals surface area contributed by atoms with Crippen LogP contribution in [0.4, 0.5) is 10.1 Å². The number of H-pyrrole nitrogens is 1. The second kappa shape index (κ2) is 3.59. The number of hydrogen-bond acceptors (Lipinski definition) is 2. The number of anilines is 1. The molecule has 4 heteroatoms. The molecule has 0 aliphatic rings. The van der Waals surface area contributed by atoms with Gasteiger partial charge < -0.3 is 10.7 Å². The fourth-order valence-corrected chi connectivity index (χ4v) is 1.96. The molecule has 0 bridgehead atoms. The molecule has 2 aromatic heterocycles. The highest BCUT2D eigenvalue weighted by molar-refractivity contribution is 5.95. The average molecular weight is 227 g/mol. The number of nitrogen functional groups attached to an aromatic ring is 1. The van der Waals surface area contributed by atoms with Crippen molar-refractivity contribution < 1.29 is 4.39 Å². The van der Waals surface area contributed by atoms with Gasteiger partial charge in [-0.1, -0.05) is 18.2 Å². The molecule has 1 aromatic carbocycles. The summed E-state index contributed by atoms with van der Waals surface area (Å²) in [4.78, 5) is 7.20. The summed E-state index contributed by atoms with van der Waals surface area (Å²) in [5, 5.41) is 1.08. The Balaban J connectivity index is 2.30. The molecule has 3 aromatic rings. The molecule has 0 atom stereocenters. The molecule has 0 radical (unpaired) electrons. The smallest absolute Gasteiger partial charge is 0.143 e. The van der Waals surface area contributed by atoms with Gasteiger partial charge in [0, 0.05) is 23.2 Å². The normalized spacial score (nSPS) is 10.9. The van der Waals surface area contributed by atoms with Crippen molar-refractivity contribution in [3.63, 3.8) is 0 Å². The van der Waals surface area contributed by atoms with E-state index in [0.29, 0.717) is 11.4 Å². The maximum Gasteiger partial charge on any atom is 0.143 e. The molecule has 0 saturated heterocycles. The van der Waals surface area contributed by atoms with Gasteiger partial charge in [-0.3, -0.25) is 4.98 Å². The molecule has 2 heterocycles. The number of halogens is 1. The van der Waals surface area contributed by atoms with E-state index in [1.165, 1.54) is 12.3 Å². The number of fused-ring (bicyclic) bond motifs is 1. The molecular formula is C13H10FN3. The van der Waals surface area contributed by atoms with Gasteiger partial charge in [-0.05, 0) is 6.07 Å². The van der Waals surface area contributed by atoms with Crippen LogP contribution in [0.15, 0.2) is 42.7 Å². The highest BCUT2D eigenvalue weighted by atomic mass is 19.1. The first-order valence-corrected chi connectivity index (χ1v) is 5.23. The Morgan fingerprint density at radius 3 is 2.94 bits per heavy atom. The van der Waals surface area contributed by atoms with Crippen LogP contribution in [0.25, 0.3) is 22.2 Å². The molecule has 0 fully saturated rings. The number of pyridine rings is 1. The average Bonchev–Trinajstić information content (AvgIpc) is 2.77. The van der Waals surface area contributed by atoms with Crippen molar-refractivity contribution in [3.05, 3.63) is 48.5 Å².